The van der Waals surface area contributed by atoms with Gasteiger partial charge in [0.1, 0.15) is 12.1 Å². The number of rotatable bonds is 10. The Bertz CT molecular complexity index is 1590. The topological polar surface area (TPSA) is 116 Å². The summed E-state index contributed by atoms with van der Waals surface area (Å²) in [7, 11) is 1.51. The number of nitrogens with zero attached hydrogens (tertiary/aromatic N) is 3. The Hall–Kier alpha value is -4.94. The summed E-state index contributed by atoms with van der Waals surface area (Å²) in [6, 6.07) is 22.8. The zero-order valence-electron chi connectivity index (χ0n) is 22.4. The van der Waals surface area contributed by atoms with Crippen LogP contribution in [-0.4, -0.2) is 48.5 Å². The normalized spacial score (nSPS) is 10.6. The second-order valence-electron chi connectivity index (χ2n) is 9.36. The third kappa shape index (κ3) is 7.12. The van der Waals surface area contributed by atoms with Gasteiger partial charge in [0.25, 0.3) is 0 Å². The van der Waals surface area contributed by atoms with Crippen LogP contribution < -0.4 is 10.7 Å². The second kappa shape index (κ2) is 13.2. The summed E-state index contributed by atoms with van der Waals surface area (Å²) in [6.45, 7) is 2.25. The summed E-state index contributed by atoms with van der Waals surface area (Å²) < 4.78 is 10.9. The predicted molar refractivity (Wildman–Crippen MR) is 152 cm³/mol. The van der Waals surface area contributed by atoms with Crippen LogP contribution in [0.5, 0.6) is 0 Å². The molecule has 1 heterocycles. The molecule has 0 aliphatic rings. The van der Waals surface area contributed by atoms with Gasteiger partial charge in [0.15, 0.2) is 5.43 Å². The number of carbonyl (C=O) groups excluding carboxylic acids is 2. The smallest absolute Gasteiger partial charge is 0.322 e. The molecule has 3 aromatic carbocycles. The van der Waals surface area contributed by atoms with Crippen molar-refractivity contribution in [3.63, 3.8) is 0 Å². The molecule has 0 aliphatic carbocycles. The van der Waals surface area contributed by atoms with Gasteiger partial charge in [-0.25, -0.2) is 4.79 Å². The number of nitrogens with one attached hydrogen (secondary N) is 1. The number of amides is 3. The molecule has 3 amide bonds. The van der Waals surface area contributed by atoms with Crippen molar-refractivity contribution in [1.29, 1.82) is 5.26 Å². The van der Waals surface area contributed by atoms with E-state index in [-0.39, 0.29) is 44.1 Å². The van der Waals surface area contributed by atoms with Crippen LogP contribution in [0.25, 0.3) is 11.0 Å². The Labute approximate surface area is 232 Å². The molecular formula is C31H30N4O5. The Balaban J connectivity index is 1.59. The number of carbonyl (C=O) groups is 2. The molecule has 0 spiro atoms. The van der Waals surface area contributed by atoms with Crippen LogP contribution in [0, 0.1) is 18.3 Å². The van der Waals surface area contributed by atoms with Crippen molar-refractivity contribution in [2.24, 2.45) is 0 Å². The molecular weight excluding hydrogens is 508 g/mol. The van der Waals surface area contributed by atoms with Crippen molar-refractivity contribution in [2.45, 2.75) is 20.0 Å². The number of ether oxygens (including phenoxy) is 1. The minimum Gasteiger partial charge on any atom is -0.464 e. The third-order valence-corrected chi connectivity index (χ3v) is 6.35. The van der Waals surface area contributed by atoms with Crippen molar-refractivity contribution in [1.82, 2.24) is 9.80 Å². The zero-order chi connectivity index (χ0) is 28.5. The van der Waals surface area contributed by atoms with Crippen molar-refractivity contribution in [3.05, 3.63) is 112 Å². The highest BCUT2D eigenvalue weighted by molar-refractivity contribution is 5.92. The lowest BCUT2D eigenvalue weighted by Gasteiger charge is -2.28. The van der Waals surface area contributed by atoms with Gasteiger partial charge in [0.2, 0.25) is 5.91 Å². The van der Waals surface area contributed by atoms with Crippen LogP contribution in [0.1, 0.15) is 22.3 Å². The van der Waals surface area contributed by atoms with Crippen LogP contribution in [0.4, 0.5) is 10.5 Å². The lowest BCUT2D eigenvalue weighted by Crippen LogP contribution is -2.45. The maximum absolute atomic E-state index is 13.7. The molecule has 0 unspecified atom stereocenters. The van der Waals surface area contributed by atoms with Crippen molar-refractivity contribution >= 4 is 28.6 Å². The third-order valence-electron chi connectivity index (χ3n) is 6.35. The SMILES string of the molecule is COCCN(CC(=O)N(Cc1ccccc1)Cc1coc2ccc(C)cc2c1=O)C(=O)Nc1cccc(C#N)c1. The summed E-state index contributed by atoms with van der Waals surface area (Å²) in [5.41, 5.74) is 3.24. The molecule has 204 valence electrons. The molecule has 9 heteroatoms. The van der Waals surface area contributed by atoms with E-state index in [4.69, 9.17) is 14.4 Å². The van der Waals surface area contributed by atoms with Gasteiger partial charge >= 0.3 is 6.03 Å². The molecule has 0 saturated heterocycles. The Morgan fingerprint density at radius 1 is 1.00 bits per heavy atom. The van der Waals surface area contributed by atoms with Gasteiger partial charge < -0.3 is 24.3 Å². The van der Waals surface area contributed by atoms with Crippen LogP contribution in [-0.2, 0) is 22.6 Å². The summed E-state index contributed by atoms with van der Waals surface area (Å²) >= 11 is 0. The molecule has 1 N–H and O–H groups in total. The van der Waals surface area contributed by atoms with Crippen molar-refractivity contribution < 1.29 is 18.7 Å². The first-order valence-corrected chi connectivity index (χ1v) is 12.8. The minimum atomic E-state index is -0.513. The molecule has 9 nitrogen and oxygen atoms in total. The van der Waals surface area contributed by atoms with E-state index in [0.717, 1.165) is 11.1 Å². The first-order valence-electron chi connectivity index (χ1n) is 12.8. The Morgan fingerprint density at radius 2 is 1.80 bits per heavy atom. The molecule has 0 atom stereocenters. The highest BCUT2D eigenvalue weighted by Crippen LogP contribution is 2.16. The van der Waals surface area contributed by atoms with Crippen LogP contribution in [0.15, 0.2) is 88.3 Å². The number of nitriles is 1. The van der Waals surface area contributed by atoms with Crippen molar-refractivity contribution in [2.75, 3.05) is 32.1 Å². The number of hydrogen-bond donors (Lipinski definition) is 1. The molecule has 4 aromatic rings. The molecule has 0 fully saturated rings. The van der Waals surface area contributed by atoms with E-state index in [2.05, 4.69) is 5.32 Å². The van der Waals surface area contributed by atoms with E-state index in [1.54, 1.807) is 36.4 Å². The molecule has 0 radical (unpaired) electrons. The van der Waals surface area contributed by atoms with Gasteiger partial charge in [-0.05, 0) is 42.8 Å². The average Bonchev–Trinajstić information content (AvgIpc) is 2.97. The highest BCUT2D eigenvalue weighted by atomic mass is 16.5. The number of methoxy groups -OCH3 is 1. The number of aryl methyl sites for hydroxylation is 1. The lowest BCUT2D eigenvalue weighted by atomic mass is 10.1. The van der Waals surface area contributed by atoms with Gasteiger partial charge in [-0.15, -0.1) is 0 Å². The summed E-state index contributed by atoms with van der Waals surface area (Å²) in [4.78, 5) is 43.0. The Morgan fingerprint density at radius 3 is 2.55 bits per heavy atom. The first-order chi connectivity index (χ1) is 19.4. The summed E-state index contributed by atoms with van der Waals surface area (Å²) in [6.07, 6.45) is 1.39. The fourth-order valence-electron chi connectivity index (χ4n) is 4.22. The molecule has 40 heavy (non-hydrogen) atoms. The van der Waals surface area contributed by atoms with Crippen molar-refractivity contribution in [3.8, 4) is 6.07 Å². The largest absolute Gasteiger partial charge is 0.464 e. The van der Waals surface area contributed by atoms with E-state index < -0.39 is 6.03 Å². The highest BCUT2D eigenvalue weighted by Gasteiger charge is 2.23. The van der Waals surface area contributed by atoms with E-state index in [1.165, 1.54) is 23.2 Å². The van der Waals surface area contributed by atoms with Gasteiger partial charge in [0, 0.05) is 25.9 Å². The van der Waals surface area contributed by atoms with E-state index in [9.17, 15) is 14.4 Å². The van der Waals surface area contributed by atoms with Gasteiger partial charge in [-0.2, -0.15) is 5.26 Å². The summed E-state index contributed by atoms with van der Waals surface area (Å²) in [5.74, 6) is -0.357. The predicted octanol–water partition coefficient (Wildman–Crippen LogP) is 4.68. The van der Waals surface area contributed by atoms with Gasteiger partial charge in [-0.1, -0.05) is 48.0 Å². The number of hydrogen-bond acceptors (Lipinski definition) is 6. The van der Waals surface area contributed by atoms with E-state index in [0.29, 0.717) is 27.8 Å². The fraction of sp³-hybridized carbons (Fsp3) is 0.226. The number of urea groups is 1. The average molecular weight is 539 g/mol. The zero-order valence-corrected chi connectivity index (χ0v) is 22.4. The van der Waals surface area contributed by atoms with Gasteiger partial charge in [-0.3, -0.25) is 9.59 Å². The fourth-order valence-corrected chi connectivity index (χ4v) is 4.22. The van der Waals surface area contributed by atoms with Crippen LogP contribution >= 0.6 is 0 Å². The maximum atomic E-state index is 13.7. The number of fused-ring (bicyclic) bond motifs is 1. The summed E-state index contributed by atoms with van der Waals surface area (Å²) in [5, 5.41) is 12.4. The monoisotopic (exact) mass is 538 g/mol. The molecule has 4 rings (SSSR count). The second-order valence-corrected chi connectivity index (χ2v) is 9.36. The standard InChI is InChI=1S/C31H30N4O5/c1-22-11-12-28-27(15-22)30(37)25(21-40-28)19-35(18-23-7-4-3-5-8-23)29(36)20-34(13-14-39-2)31(38)33-26-10-6-9-24(16-26)17-32/h3-12,15-16,21H,13-14,18-20H2,1-2H3,(H,33,38). The molecule has 1 aromatic heterocycles. The van der Waals surface area contributed by atoms with Gasteiger partial charge in [0.05, 0.1) is 42.0 Å². The minimum absolute atomic E-state index is 0.00386. The van der Waals surface area contributed by atoms with E-state index in [1.807, 2.05) is 49.4 Å². The number of benzene rings is 3. The van der Waals surface area contributed by atoms with E-state index >= 15 is 0 Å². The van der Waals surface area contributed by atoms with Crippen LogP contribution in [0.3, 0.4) is 0 Å². The lowest BCUT2D eigenvalue weighted by molar-refractivity contribution is -0.133. The molecule has 0 aliphatic heterocycles. The first kappa shape index (κ1) is 28.1. The quantitative estimate of drug-likeness (QED) is 0.313. The Kier molecular flexibility index (Phi) is 9.28. The molecule has 0 bridgehead atoms. The maximum Gasteiger partial charge on any atom is 0.322 e. The molecule has 0 saturated carbocycles. The number of anilines is 1. The van der Waals surface area contributed by atoms with Crippen LogP contribution in [0.2, 0.25) is 0 Å².